The zero-order valence-corrected chi connectivity index (χ0v) is 16.4. The summed E-state index contributed by atoms with van der Waals surface area (Å²) in [5.74, 6) is -0.0936. The molecule has 7 nitrogen and oxygen atoms in total. The largest absolute Gasteiger partial charge is 0.495 e. The summed E-state index contributed by atoms with van der Waals surface area (Å²) in [4.78, 5) is 28.3. The van der Waals surface area contributed by atoms with Gasteiger partial charge in [-0.1, -0.05) is 12.1 Å². The Bertz CT molecular complexity index is 836. The van der Waals surface area contributed by atoms with Gasteiger partial charge in [0.1, 0.15) is 11.6 Å². The van der Waals surface area contributed by atoms with Crippen LogP contribution in [0.2, 0.25) is 0 Å². The number of hydrogen-bond acceptors (Lipinski definition) is 5. The van der Waals surface area contributed by atoms with E-state index >= 15 is 0 Å². The quantitative estimate of drug-likeness (QED) is 0.740. The van der Waals surface area contributed by atoms with Gasteiger partial charge in [0, 0.05) is 31.9 Å². The summed E-state index contributed by atoms with van der Waals surface area (Å²) in [5, 5.41) is 5.23. The van der Waals surface area contributed by atoms with Gasteiger partial charge in [-0.3, -0.25) is 14.5 Å². The molecule has 8 heteroatoms. The van der Waals surface area contributed by atoms with Crippen molar-refractivity contribution in [2.24, 2.45) is 0 Å². The molecular formula is C21H25FN4O3. The standard InChI is InChI=1S/C21H25FN4O3/c1-29-19-5-3-2-4-18(19)26-12-10-25(11-13-26)15-21(28)23-14-20(27)24-17-8-6-16(22)7-9-17/h2-9H,10-15H2,1H3,(H,23,28)(H,24,27). The Kier molecular flexibility index (Phi) is 7.02. The fourth-order valence-electron chi connectivity index (χ4n) is 3.21. The molecule has 0 atom stereocenters. The normalized spacial score (nSPS) is 14.3. The Hall–Kier alpha value is -3.13. The summed E-state index contributed by atoms with van der Waals surface area (Å²) < 4.78 is 18.3. The molecule has 0 radical (unpaired) electrons. The zero-order valence-electron chi connectivity index (χ0n) is 16.4. The maximum absolute atomic E-state index is 12.9. The van der Waals surface area contributed by atoms with Gasteiger partial charge in [-0.25, -0.2) is 4.39 Å². The van der Waals surface area contributed by atoms with Gasteiger partial charge < -0.3 is 20.3 Å². The highest BCUT2D eigenvalue weighted by Crippen LogP contribution is 2.28. The van der Waals surface area contributed by atoms with E-state index in [1.54, 1.807) is 7.11 Å². The third-order valence-corrected chi connectivity index (χ3v) is 4.74. The predicted octanol–water partition coefficient (Wildman–Crippen LogP) is 1.71. The number of nitrogens with zero attached hydrogens (tertiary/aromatic N) is 2. The van der Waals surface area contributed by atoms with Crippen LogP contribution in [0.25, 0.3) is 0 Å². The number of hydrogen-bond donors (Lipinski definition) is 2. The van der Waals surface area contributed by atoms with Gasteiger partial charge in [0.15, 0.2) is 0 Å². The first-order valence-corrected chi connectivity index (χ1v) is 9.47. The number of carbonyl (C=O) groups excluding carboxylic acids is 2. The van der Waals surface area contributed by atoms with Crippen molar-refractivity contribution >= 4 is 23.2 Å². The van der Waals surface area contributed by atoms with Crippen LogP contribution >= 0.6 is 0 Å². The van der Waals surface area contributed by atoms with E-state index in [-0.39, 0.29) is 30.7 Å². The molecule has 2 aromatic carbocycles. The second-order valence-electron chi connectivity index (χ2n) is 6.77. The monoisotopic (exact) mass is 400 g/mol. The summed E-state index contributed by atoms with van der Waals surface area (Å²) in [5.41, 5.74) is 1.54. The smallest absolute Gasteiger partial charge is 0.243 e. The van der Waals surface area contributed by atoms with Gasteiger partial charge in [0.05, 0.1) is 25.9 Å². The Morgan fingerprint density at radius 2 is 1.69 bits per heavy atom. The van der Waals surface area contributed by atoms with Gasteiger partial charge >= 0.3 is 0 Å². The van der Waals surface area contributed by atoms with Crippen LogP contribution in [0.5, 0.6) is 5.75 Å². The lowest BCUT2D eigenvalue weighted by atomic mass is 10.2. The number of ether oxygens (including phenoxy) is 1. The molecule has 0 spiro atoms. The van der Waals surface area contributed by atoms with Crippen molar-refractivity contribution in [3.05, 3.63) is 54.3 Å². The number of piperazine rings is 1. The van der Waals surface area contributed by atoms with E-state index < -0.39 is 0 Å². The highest BCUT2D eigenvalue weighted by atomic mass is 19.1. The summed E-state index contributed by atoms with van der Waals surface area (Å²) in [7, 11) is 1.66. The van der Waals surface area contributed by atoms with Crippen molar-refractivity contribution in [3.63, 3.8) is 0 Å². The summed E-state index contributed by atoms with van der Waals surface area (Å²) >= 11 is 0. The Balaban J connectivity index is 1.39. The minimum Gasteiger partial charge on any atom is -0.495 e. The van der Waals surface area contributed by atoms with Gasteiger partial charge in [0.25, 0.3) is 0 Å². The van der Waals surface area contributed by atoms with Crippen LogP contribution < -0.4 is 20.3 Å². The Labute approximate surface area is 169 Å². The van der Waals surface area contributed by atoms with Crippen LogP contribution in [0.1, 0.15) is 0 Å². The van der Waals surface area contributed by atoms with Gasteiger partial charge in [-0.2, -0.15) is 0 Å². The van der Waals surface area contributed by atoms with Crippen LogP contribution in [-0.4, -0.2) is 63.1 Å². The maximum Gasteiger partial charge on any atom is 0.243 e. The molecule has 0 aromatic heterocycles. The molecule has 2 aromatic rings. The first kappa shape index (κ1) is 20.6. The lowest BCUT2D eigenvalue weighted by Gasteiger charge is -2.36. The van der Waals surface area contributed by atoms with Crippen molar-refractivity contribution in [3.8, 4) is 5.75 Å². The number of carbonyl (C=O) groups is 2. The lowest BCUT2D eigenvalue weighted by Crippen LogP contribution is -2.50. The summed E-state index contributed by atoms with van der Waals surface area (Å²) in [6.45, 7) is 3.18. The van der Waals surface area contributed by atoms with E-state index in [2.05, 4.69) is 20.4 Å². The number of para-hydroxylation sites is 2. The fraction of sp³-hybridized carbons (Fsp3) is 0.333. The molecule has 1 aliphatic rings. The van der Waals surface area contributed by atoms with Crippen LogP contribution in [0, 0.1) is 5.82 Å². The van der Waals surface area contributed by atoms with Crippen LogP contribution in [0.3, 0.4) is 0 Å². The van der Waals surface area contributed by atoms with E-state index in [9.17, 15) is 14.0 Å². The SMILES string of the molecule is COc1ccccc1N1CCN(CC(=O)NCC(=O)Nc2ccc(F)cc2)CC1. The van der Waals surface area contributed by atoms with E-state index in [0.717, 1.165) is 37.6 Å². The van der Waals surface area contributed by atoms with Gasteiger partial charge in [-0.15, -0.1) is 0 Å². The molecule has 29 heavy (non-hydrogen) atoms. The zero-order chi connectivity index (χ0) is 20.6. The predicted molar refractivity (Wildman–Crippen MR) is 110 cm³/mol. The van der Waals surface area contributed by atoms with E-state index in [4.69, 9.17) is 4.74 Å². The second kappa shape index (κ2) is 9.88. The summed E-state index contributed by atoms with van der Waals surface area (Å²) in [6, 6.07) is 13.3. The first-order valence-electron chi connectivity index (χ1n) is 9.47. The third kappa shape index (κ3) is 5.92. The van der Waals surface area contributed by atoms with Crippen molar-refractivity contribution in [1.29, 1.82) is 0 Å². The molecule has 0 unspecified atom stereocenters. The third-order valence-electron chi connectivity index (χ3n) is 4.74. The molecule has 2 N–H and O–H groups in total. The molecule has 3 rings (SSSR count). The average Bonchev–Trinajstić information content (AvgIpc) is 2.74. The van der Waals surface area contributed by atoms with Gasteiger partial charge in [-0.05, 0) is 36.4 Å². The minimum atomic E-state index is -0.373. The molecule has 1 heterocycles. The number of rotatable bonds is 7. The Morgan fingerprint density at radius 1 is 1.00 bits per heavy atom. The minimum absolute atomic E-state index is 0.128. The molecular weight excluding hydrogens is 375 g/mol. The van der Waals surface area contributed by atoms with E-state index in [0.29, 0.717) is 5.69 Å². The number of anilines is 2. The summed E-state index contributed by atoms with van der Waals surface area (Å²) in [6.07, 6.45) is 0. The van der Waals surface area contributed by atoms with E-state index in [1.807, 2.05) is 24.3 Å². The molecule has 154 valence electrons. The molecule has 0 bridgehead atoms. The molecule has 0 aliphatic carbocycles. The van der Waals surface area contributed by atoms with Crippen molar-refractivity contribution in [2.45, 2.75) is 0 Å². The highest BCUT2D eigenvalue weighted by Gasteiger charge is 2.21. The van der Waals surface area contributed by atoms with Crippen molar-refractivity contribution in [2.75, 3.05) is 56.6 Å². The number of amides is 2. The molecule has 2 amide bonds. The van der Waals surface area contributed by atoms with Gasteiger partial charge in [0.2, 0.25) is 11.8 Å². The lowest BCUT2D eigenvalue weighted by molar-refractivity contribution is -0.125. The topological polar surface area (TPSA) is 73.9 Å². The molecule has 0 saturated carbocycles. The van der Waals surface area contributed by atoms with Crippen LogP contribution in [-0.2, 0) is 9.59 Å². The fourth-order valence-corrected chi connectivity index (χ4v) is 3.21. The second-order valence-corrected chi connectivity index (χ2v) is 6.77. The number of halogens is 1. The molecule has 1 saturated heterocycles. The number of benzene rings is 2. The maximum atomic E-state index is 12.9. The van der Waals surface area contributed by atoms with Crippen LogP contribution in [0.15, 0.2) is 48.5 Å². The van der Waals surface area contributed by atoms with Crippen LogP contribution in [0.4, 0.5) is 15.8 Å². The number of methoxy groups -OCH3 is 1. The van der Waals surface area contributed by atoms with Crippen molar-refractivity contribution in [1.82, 2.24) is 10.2 Å². The Morgan fingerprint density at radius 3 is 2.38 bits per heavy atom. The average molecular weight is 400 g/mol. The molecule has 1 aliphatic heterocycles. The molecule has 1 fully saturated rings. The number of nitrogens with one attached hydrogen (secondary N) is 2. The highest BCUT2D eigenvalue weighted by molar-refractivity contribution is 5.94. The van der Waals surface area contributed by atoms with E-state index in [1.165, 1.54) is 24.3 Å². The van der Waals surface area contributed by atoms with Crippen molar-refractivity contribution < 1.29 is 18.7 Å². The first-order chi connectivity index (χ1) is 14.0.